The molecule has 0 bridgehead atoms. The molecule has 0 aliphatic heterocycles. The van der Waals surface area contributed by atoms with Crippen LogP contribution >= 0.6 is 0 Å². The van der Waals surface area contributed by atoms with E-state index in [-0.39, 0.29) is 5.82 Å². The Bertz CT molecular complexity index is 437. The Labute approximate surface area is 82.2 Å². The molecule has 2 heteroatoms. The topological polar surface area (TPSA) is 12.9 Å². The lowest BCUT2D eigenvalue weighted by atomic mass is 10.0. The minimum absolute atomic E-state index is 0.167. The second kappa shape index (κ2) is 3.58. The highest BCUT2D eigenvalue weighted by molar-refractivity contribution is 5.66. The van der Waals surface area contributed by atoms with Crippen LogP contribution in [-0.2, 0) is 0 Å². The Morgan fingerprint density at radius 2 is 1.79 bits per heavy atom. The van der Waals surface area contributed by atoms with E-state index in [1.54, 1.807) is 25.4 Å². The maximum atomic E-state index is 13.2. The molecule has 0 unspecified atom stereocenters. The van der Waals surface area contributed by atoms with E-state index in [0.717, 1.165) is 11.1 Å². The number of hydrogen-bond donors (Lipinski definition) is 0. The largest absolute Gasteiger partial charge is 0.265 e. The van der Waals surface area contributed by atoms with Crippen LogP contribution in [0.15, 0.2) is 42.7 Å². The number of halogens is 1. The number of hydrogen-bond acceptors (Lipinski definition) is 1. The monoisotopic (exact) mass is 187 g/mol. The number of benzene rings is 1. The zero-order valence-corrected chi connectivity index (χ0v) is 7.87. The van der Waals surface area contributed by atoms with Crippen LogP contribution < -0.4 is 0 Å². The fraction of sp³-hybridized carbons (Fsp3) is 0.0833. The van der Waals surface area contributed by atoms with Crippen molar-refractivity contribution >= 4 is 0 Å². The molecule has 0 aliphatic rings. The highest BCUT2D eigenvalue weighted by Gasteiger charge is 2.04. The summed E-state index contributed by atoms with van der Waals surface area (Å²) >= 11 is 0. The quantitative estimate of drug-likeness (QED) is 0.668. The second-order valence-electron chi connectivity index (χ2n) is 3.15. The van der Waals surface area contributed by atoms with Crippen LogP contribution in [0.3, 0.4) is 0 Å². The van der Waals surface area contributed by atoms with Gasteiger partial charge in [-0.3, -0.25) is 4.98 Å². The molecule has 1 nitrogen and oxygen atoms in total. The lowest BCUT2D eigenvalue weighted by molar-refractivity contribution is 0.619. The Morgan fingerprint density at radius 1 is 1.07 bits per heavy atom. The third-order valence-electron chi connectivity index (χ3n) is 2.26. The van der Waals surface area contributed by atoms with E-state index in [0.29, 0.717) is 5.56 Å². The van der Waals surface area contributed by atoms with Crippen molar-refractivity contribution in [2.75, 3.05) is 0 Å². The Kier molecular flexibility index (Phi) is 2.27. The number of aromatic nitrogens is 1. The zero-order valence-electron chi connectivity index (χ0n) is 7.87. The van der Waals surface area contributed by atoms with Gasteiger partial charge >= 0.3 is 0 Å². The van der Waals surface area contributed by atoms with Gasteiger partial charge in [0.25, 0.3) is 0 Å². The molecule has 0 fully saturated rings. The van der Waals surface area contributed by atoms with Gasteiger partial charge in [0.1, 0.15) is 5.82 Å². The van der Waals surface area contributed by atoms with Gasteiger partial charge in [-0.1, -0.05) is 12.1 Å². The molecule has 0 atom stereocenters. The van der Waals surface area contributed by atoms with Crippen molar-refractivity contribution in [3.05, 3.63) is 54.1 Å². The van der Waals surface area contributed by atoms with Crippen molar-refractivity contribution in [1.29, 1.82) is 0 Å². The van der Waals surface area contributed by atoms with E-state index >= 15 is 0 Å². The van der Waals surface area contributed by atoms with Gasteiger partial charge in [0.05, 0.1) is 0 Å². The Balaban J connectivity index is 2.58. The fourth-order valence-electron chi connectivity index (χ4n) is 1.45. The molecule has 0 saturated carbocycles. The summed E-state index contributed by atoms with van der Waals surface area (Å²) in [7, 11) is 0. The number of rotatable bonds is 1. The van der Waals surface area contributed by atoms with E-state index in [1.165, 1.54) is 6.07 Å². The van der Waals surface area contributed by atoms with Gasteiger partial charge in [0.15, 0.2) is 0 Å². The van der Waals surface area contributed by atoms with Crippen LogP contribution in [0.1, 0.15) is 5.56 Å². The van der Waals surface area contributed by atoms with Crippen LogP contribution in [0.25, 0.3) is 11.1 Å². The fourth-order valence-corrected chi connectivity index (χ4v) is 1.45. The summed E-state index contributed by atoms with van der Waals surface area (Å²) in [6.45, 7) is 1.78. The number of nitrogens with zero attached hydrogens (tertiary/aromatic N) is 1. The summed E-state index contributed by atoms with van der Waals surface area (Å²) in [4.78, 5) is 3.93. The molecule has 70 valence electrons. The molecule has 0 saturated heterocycles. The maximum absolute atomic E-state index is 13.2. The molecule has 0 N–H and O–H groups in total. The van der Waals surface area contributed by atoms with E-state index in [2.05, 4.69) is 4.98 Å². The Hall–Kier alpha value is -1.70. The van der Waals surface area contributed by atoms with E-state index in [9.17, 15) is 4.39 Å². The predicted molar refractivity (Wildman–Crippen MR) is 54.4 cm³/mol. The lowest BCUT2D eigenvalue weighted by Gasteiger charge is -2.05. The van der Waals surface area contributed by atoms with E-state index < -0.39 is 0 Å². The average molecular weight is 187 g/mol. The summed E-state index contributed by atoms with van der Waals surface area (Å²) in [5.74, 6) is -0.167. The molecule has 0 aliphatic carbocycles. The molecule has 1 aromatic carbocycles. The molecule has 0 spiro atoms. The zero-order chi connectivity index (χ0) is 9.97. The second-order valence-corrected chi connectivity index (χ2v) is 3.15. The molecular weight excluding hydrogens is 177 g/mol. The summed E-state index contributed by atoms with van der Waals surface area (Å²) in [6, 6.07) is 8.86. The molecule has 2 aromatic rings. The van der Waals surface area contributed by atoms with Crippen molar-refractivity contribution < 1.29 is 4.39 Å². The van der Waals surface area contributed by atoms with Gasteiger partial charge in [-0.05, 0) is 41.8 Å². The molecule has 1 heterocycles. The Morgan fingerprint density at radius 3 is 2.50 bits per heavy atom. The minimum Gasteiger partial charge on any atom is -0.265 e. The first-order valence-corrected chi connectivity index (χ1v) is 4.44. The summed E-state index contributed by atoms with van der Waals surface area (Å²) in [5.41, 5.74) is 2.60. The van der Waals surface area contributed by atoms with Crippen LogP contribution in [-0.4, -0.2) is 4.98 Å². The number of pyridine rings is 1. The first-order chi connectivity index (χ1) is 6.79. The van der Waals surface area contributed by atoms with Gasteiger partial charge in [0.2, 0.25) is 0 Å². The van der Waals surface area contributed by atoms with Crippen LogP contribution in [0, 0.1) is 12.7 Å². The maximum Gasteiger partial charge on any atom is 0.126 e. The molecule has 2 rings (SSSR count). The van der Waals surface area contributed by atoms with Crippen LogP contribution in [0.4, 0.5) is 4.39 Å². The van der Waals surface area contributed by atoms with E-state index in [4.69, 9.17) is 0 Å². The van der Waals surface area contributed by atoms with Crippen molar-refractivity contribution in [2.45, 2.75) is 6.92 Å². The molecule has 14 heavy (non-hydrogen) atoms. The first-order valence-electron chi connectivity index (χ1n) is 4.44. The van der Waals surface area contributed by atoms with Crippen molar-refractivity contribution in [2.24, 2.45) is 0 Å². The SMILES string of the molecule is Cc1c(F)cccc1-c1ccncc1. The normalized spacial score (nSPS) is 10.1. The summed E-state index contributed by atoms with van der Waals surface area (Å²) < 4.78 is 13.2. The predicted octanol–water partition coefficient (Wildman–Crippen LogP) is 3.20. The van der Waals surface area contributed by atoms with Crippen LogP contribution in [0.5, 0.6) is 0 Å². The molecule has 0 radical (unpaired) electrons. The molecule has 0 amide bonds. The van der Waals surface area contributed by atoms with Gasteiger partial charge in [-0.25, -0.2) is 4.39 Å². The third kappa shape index (κ3) is 1.51. The third-order valence-corrected chi connectivity index (χ3v) is 2.26. The van der Waals surface area contributed by atoms with Gasteiger partial charge in [-0.15, -0.1) is 0 Å². The first kappa shape index (κ1) is 8.88. The van der Waals surface area contributed by atoms with Gasteiger partial charge in [-0.2, -0.15) is 0 Å². The standard InChI is InChI=1S/C12H10FN/c1-9-11(3-2-4-12(9)13)10-5-7-14-8-6-10/h2-8H,1H3. The van der Waals surface area contributed by atoms with Crippen molar-refractivity contribution in [3.63, 3.8) is 0 Å². The summed E-state index contributed by atoms with van der Waals surface area (Å²) in [6.07, 6.45) is 3.42. The van der Waals surface area contributed by atoms with Gasteiger partial charge < -0.3 is 0 Å². The van der Waals surface area contributed by atoms with Crippen LogP contribution in [0.2, 0.25) is 0 Å². The summed E-state index contributed by atoms with van der Waals surface area (Å²) in [5, 5.41) is 0. The molecule has 1 aromatic heterocycles. The van der Waals surface area contributed by atoms with Crippen molar-refractivity contribution in [1.82, 2.24) is 4.98 Å². The minimum atomic E-state index is -0.167. The molecular formula is C12H10FN. The van der Waals surface area contributed by atoms with Gasteiger partial charge in [0, 0.05) is 12.4 Å². The highest BCUT2D eigenvalue weighted by atomic mass is 19.1. The average Bonchev–Trinajstić information content (AvgIpc) is 2.23. The van der Waals surface area contributed by atoms with E-state index in [1.807, 2.05) is 18.2 Å². The smallest absolute Gasteiger partial charge is 0.126 e. The highest BCUT2D eigenvalue weighted by Crippen LogP contribution is 2.23. The van der Waals surface area contributed by atoms with Crippen molar-refractivity contribution in [3.8, 4) is 11.1 Å². The lowest BCUT2D eigenvalue weighted by Crippen LogP contribution is -1.87.